The van der Waals surface area contributed by atoms with Gasteiger partial charge >= 0.3 is 5.97 Å². The number of ether oxygens (including phenoxy) is 1. The molecule has 0 heterocycles. The smallest absolute Gasteiger partial charge is 0.312 e. The maximum absolute atomic E-state index is 13.9. The van der Waals surface area contributed by atoms with Gasteiger partial charge in [0, 0.05) is 9.90 Å². The minimum atomic E-state index is -1.02. The number of carbonyl (C=O) groups is 2. The van der Waals surface area contributed by atoms with Crippen molar-refractivity contribution >= 4 is 40.8 Å². The molecule has 5 rings (SSSR count). The van der Waals surface area contributed by atoms with Crippen molar-refractivity contribution in [1.82, 2.24) is 0 Å². The summed E-state index contributed by atoms with van der Waals surface area (Å²) in [4.78, 5) is 25.0. The third-order valence-electron chi connectivity index (χ3n) is 6.26. The van der Waals surface area contributed by atoms with Crippen LogP contribution >= 0.6 is 23.2 Å². The first-order chi connectivity index (χ1) is 12.7. The fourth-order valence-corrected chi connectivity index (χ4v) is 6.40. The number of hydrogen-bond donors (Lipinski definition) is 1. The molecule has 0 radical (unpaired) electrons. The highest BCUT2D eigenvalue weighted by molar-refractivity contribution is 6.30. The molecule has 4 aliphatic carbocycles. The molecule has 1 amide bonds. The molecule has 4 aliphatic rings. The summed E-state index contributed by atoms with van der Waals surface area (Å²) in [6.07, 6.45) is 4.24. The van der Waals surface area contributed by atoms with Gasteiger partial charge in [-0.3, -0.25) is 9.59 Å². The second kappa shape index (κ2) is 6.63. The number of rotatable bonds is 4. The maximum atomic E-state index is 13.9. The number of nitrogens with one attached hydrogen (secondary N) is 1. The van der Waals surface area contributed by atoms with Crippen molar-refractivity contribution in [3.05, 3.63) is 29.0 Å². The summed E-state index contributed by atoms with van der Waals surface area (Å²) in [5.74, 6) is -0.637. The number of hydrogen-bond acceptors (Lipinski definition) is 3. The van der Waals surface area contributed by atoms with Gasteiger partial charge in [-0.25, -0.2) is 4.39 Å². The number of halogens is 3. The van der Waals surface area contributed by atoms with E-state index in [-0.39, 0.29) is 21.6 Å². The first-order valence-electron chi connectivity index (χ1n) is 9.34. The number of amides is 1. The second-order valence-electron chi connectivity index (χ2n) is 8.55. The van der Waals surface area contributed by atoms with Crippen LogP contribution in [0.5, 0.6) is 0 Å². The fourth-order valence-electron chi connectivity index (χ4n) is 5.55. The Balaban J connectivity index is 1.42. The van der Waals surface area contributed by atoms with E-state index in [1.54, 1.807) is 0 Å². The third-order valence-corrected chi connectivity index (χ3v) is 6.94. The predicted molar refractivity (Wildman–Crippen MR) is 101 cm³/mol. The van der Waals surface area contributed by atoms with E-state index >= 15 is 0 Å². The highest BCUT2D eigenvalue weighted by atomic mass is 35.5. The zero-order chi connectivity index (χ0) is 19.4. The molecule has 1 N–H and O–H groups in total. The molecule has 4 saturated carbocycles. The normalized spacial score (nSPS) is 35.0. The van der Waals surface area contributed by atoms with Gasteiger partial charge in [-0.2, -0.15) is 0 Å². The first kappa shape index (κ1) is 19.0. The predicted octanol–water partition coefficient (Wildman–Crippen LogP) is 4.93. The average molecular weight is 414 g/mol. The van der Waals surface area contributed by atoms with Crippen LogP contribution in [0.15, 0.2) is 18.2 Å². The van der Waals surface area contributed by atoms with Crippen molar-refractivity contribution in [3.63, 3.8) is 0 Å². The molecule has 0 aliphatic heterocycles. The first-order valence-corrected chi connectivity index (χ1v) is 10.1. The van der Waals surface area contributed by atoms with Crippen molar-refractivity contribution in [2.45, 2.75) is 56.4 Å². The van der Waals surface area contributed by atoms with Crippen molar-refractivity contribution < 1.29 is 18.7 Å². The Bertz CT molecular complexity index is 785. The lowest BCUT2D eigenvalue weighted by Crippen LogP contribution is -2.57. The standard InChI is InChI=1S/C20H22Cl2FNO3/c1-11(17(25)24-16-3-2-14(21)5-15(16)23)27-18(26)19-6-12-4-13(7-19)9-20(22,8-12)10-19/h2-3,5,11-13H,4,6-10H2,1H3,(H,24,25). The zero-order valence-electron chi connectivity index (χ0n) is 15.1. The van der Waals surface area contributed by atoms with E-state index in [1.807, 2.05) is 0 Å². The molecule has 1 aromatic carbocycles. The van der Waals surface area contributed by atoms with E-state index in [0.717, 1.165) is 38.2 Å². The highest BCUT2D eigenvalue weighted by Crippen LogP contribution is 2.64. The van der Waals surface area contributed by atoms with Crippen LogP contribution in [0.3, 0.4) is 0 Å². The fraction of sp³-hybridized carbons (Fsp3) is 0.600. The number of alkyl halides is 1. The van der Waals surface area contributed by atoms with Crippen LogP contribution in [0.1, 0.15) is 45.4 Å². The SMILES string of the molecule is CC(OC(=O)C12CC3CC(CC(Cl)(C3)C1)C2)C(=O)Nc1ccc(Cl)cc1F. The number of benzene rings is 1. The Labute approximate surface area is 167 Å². The molecule has 4 fully saturated rings. The molecule has 0 saturated heterocycles. The van der Waals surface area contributed by atoms with E-state index in [4.69, 9.17) is 27.9 Å². The Morgan fingerprint density at radius 1 is 1.26 bits per heavy atom. The van der Waals surface area contributed by atoms with Crippen molar-refractivity contribution in [1.29, 1.82) is 0 Å². The molecule has 4 nitrogen and oxygen atoms in total. The van der Waals surface area contributed by atoms with Gasteiger partial charge in [0.2, 0.25) is 0 Å². The Morgan fingerprint density at radius 3 is 2.52 bits per heavy atom. The molecule has 3 unspecified atom stereocenters. The molecular formula is C20H22Cl2FNO3. The van der Waals surface area contributed by atoms with Gasteiger partial charge in [0.1, 0.15) is 5.82 Å². The van der Waals surface area contributed by atoms with E-state index in [0.29, 0.717) is 18.3 Å². The summed E-state index contributed by atoms with van der Waals surface area (Å²) in [5, 5.41) is 2.69. The van der Waals surface area contributed by atoms with Crippen LogP contribution < -0.4 is 5.32 Å². The molecule has 0 aromatic heterocycles. The minimum Gasteiger partial charge on any atom is -0.452 e. The van der Waals surface area contributed by atoms with Crippen molar-refractivity contribution in [3.8, 4) is 0 Å². The van der Waals surface area contributed by atoms with E-state index in [2.05, 4.69) is 5.32 Å². The van der Waals surface area contributed by atoms with Gasteiger partial charge in [0.05, 0.1) is 11.1 Å². The monoisotopic (exact) mass is 413 g/mol. The molecule has 27 heavy (non-hydrogen) atoms. The van der Waals surface area contributed by atoms with Crippen LogP contribution in [0.4, 0.5) is 10.1 Å². The van der Waals surface area contributed by atoms with Crippen LogP contribution in [0, 0.1) is 23.1 Å². The summed E-state index contributed by atoms with van der Waals surface area (Å²) < 4.78 is 19.4. The summed E-state index contributed by atoms with van der Waals surface area (Å²) in [5.41, 5.74) is -0.576. The number of anilines is 1. The van der Waals surface area contributed by atoms with Gasteiger partial charge in [0.15, 0.2) is 6.10 Å². The largest absolute Gasteiger partial charge is 0.452 e. The lowest BCUT2D eigenvalue weighted by molar-refractivity contribution is -0.176. The van der Waals surface area contributed by atoms with Crippen LogP contribution in [-0.2, 0) is 14.3 Å². The van der Waals surface area contributed by atoms with Crippen LogP contribution in [0.25, 0.3) is 0 Å². The molecule has 3 atom stereocenters. The summed E-state index contributed by atoms with van der Waals surface area (Å²) >= 11 is 12.5. The minimum absolute atomic E-state index is 0.00168. The van der Waals surface area contributed by atoms with Crippen molar-refractivity contribution in [2.24, 2.45) is 17.3 Å². The zero-order valence-corrected chi connectivity index (χ0v) is 16.6. The maximum Gasteiger partial charge on any atom is 0.312 e. The van der Waals surface area contributed by atoms with Crippen molar-refractivity contribution in [2.75, 3.05) is 5.32 Å². The van der Waals surface area contributed by atoms with E-state index < -0.39 is 23.2 Å². The van der Waals surface area contributed by atoms with E-state index in [1.165, 1.54) is 19.1 Å². The molecule has 1 aromatic rings. The molecular weight excluding hydrogens is 392 g/mol. The quantitative estimate of drug-likeness (QED) is 0.562. The number of esters is 1. The summed E-state index contributed by atoms with van der Waals surface area (Å²) in [6.45, 7) is 1.50. The topological polar surface area (TPSA) is 55.4 Å². The van der Waals surface area contributed by atoms with Gasteiger partial charge in [-0.15, -0.1) is 11.6 Å². The van der Waals surface area contributed by atoms with Gasteiger partial charge in [-0.1, -0.05) is 11.6 Å². The van der Waals surface area contributed by atoms with Crippen LogP contribution in [0.2, 0.25) is 5.02 Å². The van der Waals surface area contributed by atoms with Gasteiger partial charge in [0.25, 0.3) is 5.91 Å². The molecule has 146 valence electrons. The van der Waals surface area contributed by atoms with Gasteiger partial charge in [-0.05, 0) is 75.5 Å². The molecule has 0 spiro atoms. The van der Waals surface area contributed by atoms with E-state index in [9.17, 15) is 14.0 Å². The second-order valence-corrected chi connectivity index (χ2v) is 9.79. The summed E-state index contributed by atoms with van der Waals surface area (Å²) in [6, 6.07) is 3.97. The molecule has 7 heteroatoms. The Kier molecular flexibility index (Phi) is 4.66. The lowest BCUT2D eigenvalue weighted by Gasteiger charge is -2.58. The van der Waals surface area contributed by atoms with Gasteiger partial charge < -0.3 is 10.1 Å². The highest BCUT2D eigenvalue weighted by Gasteiger charge is 2.61. The summed E-state index contributed by atoms with van der Waals surface area (Å²) in [7, 11) is 0. The Morgan fingerprint density at radius 2 is 1.93 bits per heavy atom. The lowest BCUT2D eigenvalue weighted by atomic mass is 9.49. The third kappa shape index (κ3) is 3.56. The molecule has 4 bridgehead atoms. The number of carbonyl (C=O) groups excluding carboxylic acids is 2. The average Bonchev–Trinajstić information content (AvgIpc) is 2.55. The Hall–Kier alpha value is -1.33. The van der Waals surface area contributed by atoms with Crippen LogP contribution in [-0.4, -0.2) is 22.9 Å².